The zero-order valence-corrected chi connectivity index (χ0v) is 18.9. The highest BCUT2D eigenvalue weighted by atomic mass is 16.1. The lowest BCUT2D eigenvalue weighted by atomic mass is 9.72. The van der Waals surface area contributed by atoms with Crippen LogP contribution in [0.4, 0.5) is 0 Å². The van der Waals surface area contributed by atoms with Gasteiger partial charge in [-0.05, 0) is 113 Å². The van der Waals surface area contributed by atoms with Gasteiger partial charge < -0.3 is 0 Å². The molecule has 0 spiro atoms. The molecule has 5 aromatic rings. The Labute approximate surface area is 180 Å². The third-order valence-corrected chi connectivity index (χ3v) is 8.72. The summed E-state index contributed by atoms with van der Waals surface area (Å²) in [4.78, 5) is 27.2. The molecule has 152 valence electrons. The maximum atomic E-state index is 13.6. The van der Waals surface area contributed by atoms with Gasteiger partial charge in [0.2, 0.25) is 0 Å². The van der Waals surface area contributed by atoms with Gasteiger partial charge in [0.25, 0.3) is 0 Å². The molecule has 3 aliphatic carbocycles. The van der Waals surface area contributed by atoms with Crippen molar-refractivity contribution >= 4 is 43.1 Å². The average Bonchev–Trinajstić information content (AvgIpc) is 3.12. The lowest BCUT2D eigenvalue weighted by molar-refractivity contribution is 1.06. The van der Waals surface area contributed by atoms with Crippen LogP contribution in [0.5, 0.6) is 0 Å². The minimum atomic E-state index is 0.0801. The molecule has 0 radical (unpaired) electrons. The first-order valence-electron chi connectivity index (χ1n) is 11.5. The predicted octanol–water partition coefficient (Wildman–Crippen LogP) is 5.87. The van der Waals surface area contributed by atoms with Crippen LogP contribution in [-0.2, 0) is 19.3 Å². The molecule has 0 amide bonds. The predicted molar refractivity (Wildman–Crippen MR) is 130 cm³/mol. The van der Waals surface area contributed by atoms with E-state index in [1.165, 1.54) is 66.1 Å². The average molecular weight is 405 g/mol. The van der Waals surface area contributed by atoms with Crippen molar-refractivity contribution in [1.82, 2.24) is 0 Å². The van der Waals surface area contributed by atoms with Crippen molar-refractivity contribution in [3.05, 3.63) is 76.1 Å². The minimum Gasteiger partial charge on any atom is -0.289 e. The largest absolute Gasteiger partial charge is 0.289 e. The molecule has 2 nitrogen and oxygen atoms in total. The molecule has 0 saturated heterocycles. The van der Waals surface area contributed by atoms with E-state index in [1.54, 1.807) is 0 Å². The second kappa shape index (κ2) is 5.07. The summed E-state index contributed by atoms with van der Waals surface area (Å²) in [6.45, 7) is 12.4. The van der Waals surface area contributed by atoms with Crippen LogP contribution in [0.2, 0.25) is 0 Å². The van der Waals surface area contributed by atoms with Gasteiger partial charge >= 0.3 is 0 Å². The SMILES string of the molecule is CC.Cc1c2c3c(c(C)c(=O)c4c5c(=O)c(C)c6c7c(c(C)c8c(c(c1C8)c34)c75)C6)C2. The van der Waals surface area contributed by atoms with Crippen molar-refractivity contribution in [1.29, 1.82) is 0 Å². The van der Waals surface area contributed by atoms with Crippen molar-refractivity contribution in [2.75, 3.05) is 0 Å². The van der Waals surface area contributed by atoms with Crippen molar-refractivity contribution in [2.45, 2.75) is 60.8 Å². The highest BCUT2D eigenvalue weighted by Gasteiger charge is 2.38. The molecule has 5 aromatic carbocycles. The van der Waals surface area contributed by atoms with E-state index in [0.29, 0.717) is 10.8 Å². The monoisotopic (exact) mass is 404 g/mol. The van der Waals surface area contributed by atoms with Crippen molar-refractivity contribution in [3.63, 3.8) is 0 Å². The van der Waals surface area contributed by atoms with Gasteiger partial charge in [-0.15, -0.1) is 0 Å². The third kappa shape index (κ3) is 1.53. The zero-order valence-electron chi connectivity index (χ0n) is 18.9. The van der Waals surface area contributed by atoms with Crippen LogP contribution in [0, 0.1) is 27.7 Å². The highest BCUT2D eigenvalue weighted by Crippen LogP contribution is 2.55. The summed E-state index contributed by atoms with van der Waals surface area (Å²) < 4.78 is 0. The van der Waals surface area contributed by atoms with E-state index in [9.17, 15) is 9.59 Å². The molecule has 0 N–H and O–H groups in total. The third-order valence-electron chi connectivity index (χ3n) is 8.72. The lowest BCUT2D eigenvalue weighted by Crippen LogP contribution is -2.23. The molecular weight excluding hydrogens is 380 g/mol. The molecule has 8 rings (SSSR count). The van der Waals surface area contributed by atoms with Gasteiger partial charge in [-0.25, -0.2) is 0 Å². The Morgan fingerprint density at radius 3 is 1.03 bits per heavy atom. The van der Waals surface area contributed by atoms with Crippen LogP contribution < -0.4 is 10.9 Å². The summed E-state index contributed by atoms with van der Waals surface area (Å²) in [5, 5.41) is 8.74. The van der Waals surface area contributed by atoms with Crippen LogP contribution in [0.25, 0.3) is 43.1 Å². The molecule has 0 unspecified atom stereocenters. The molecule has 0 heterocycles. The summed E-state index contributed by atoms with van der Waals surface area (Å²) in [6.07, 6.45) is 2.75. The van der Waals surface area contributed by atoms with Crippen molar-refractivity contribution < 1.29 is 0 Å². The Balaban J connectivity index is 0.000000834. The molecule has 0 aromatic heterocycles. The quantitative estimate of drug-likeness (QED) is 0.234. The van der Waals surface area contributed by atoms with Gasteiger partial charge in [0.05, 0.1) is 0 Å². The van der Waals surface area contributed by atoms with E-state index in [1.807, 2.05) is 27.7 Å². The number of rotatable bonds is 0. The maximum Gasteiger partial charge on any atom is 0.190 e. The molecule has 0 aliphatic heterocycles. The molecule has 0 fully saturated rings. The van der Waals surface area contributed by atoms with E-state index in [0.717, 1.165) is 41.2 Å². The van der Waals surface area contributed by atoms with Gasteiger partial charge in [0.15, 0.2) is 10.9 Å². The Morgan fingerprint density at radius 1 is 0.387 bits per heavy atom. The molecule has 31 heavy (non-hydrogen) atoms. The van der Waals surface area contributed by atoms with Gasteiger partial charge in [-0.1, -0.05) is 13.8 Å². The summed E-state index contributed by atoms with van der Waals surface area (Å²) in [5.41, 5.74) is 12.7. The molecule has 0 bridgehead atoms. The second-order valence-electron chi connectivity index (χ2n) is 9.56. The van der Waals surface area contributed by atoms with Gasteiger partial charge in [0.1, 0.15) is 0 Å². The first-order chi connectivity index (χ1) is 14.9. The van der Waals surface area contributed by atoms with Crippen LogP contribution >= 0.6 is 0 Å². The highest BCUT2D eigenvalue weighted by molar-refractivity contribution is 6.38. The van der Waals surface area contributed by atoms with E-state index >= 15 is 0 Å². The van der Waals surface area contributed by atoms with Crippen molar-refractivity contribution in [3.8, 4) is 0 Å². The van der Waals surface area contributed by atoms with E-state index in [2.05, 4.69) is 13.8 Å². The normalized spacial score (nSPS) is 14.6. The summed E-state index contributed by atoms with van der Waals surface area (Å²) in [7, 11) is 0. The number of fused-ring (bicyclic) bond motifs is 1. The smallest absolute Gasteiger partial charge is 0.190 e. The minimum absolute atomic E-state index is 0.0801. The molecular formula is C29H24O2. The molecule has 2 heteroatoms. The number of hydrogen-bond acceptors (Lipinski definition) is 2. The topological polar surface area (TPSA) is 34.1 Å². The van der Waals surface area contributed by atoms with Crippen LogP contribution in [0.15, 0.2) is 9.59 Å². The second-order valence-corrected chi connectivity index (χ2v) is 9.56. The van der Waals surface area contributed by atoms with Crippen LogP contribution in [0.3, 0.4) is 0 Å². The summed E-state index contributed by atoms with van der Waals surface area (Å²) in [6, 6.07) is 0. The van der Waals surface area contributed by atoms with Gasteiger partial charge in [-0.2, -0.15) is 0 Å². The lowest BCUT2D eigenvalue weighted by Gasteiger charge is -2.30. The Bertz CT molecular complexity index is 1700. The molecule has 0 atom stereocenters. The van der Waals surface area contributed by atoms with Gasteiger partial charge in [-0.3, -0.25) is 9.59 Å². The van der Waals surface area contributed by atoms with E-state index in [-0.39, 0.29) is 10.9 Å². The Kier molecular flexibility index (Phi) is 2.89. The van der Waals surface area contributed by atoms with Crippen LogP contribution in [-0.4, -0.2) is 0 Å². The number of benzene rings is 5. The standard InChI is InChI=1S/C27H18O2.C2H6/c1-8-12-5-16-10(3)26(28)24-22(18(12)16)20-14(8)7-15-9(2)13-6-17-11(4)27(29)25(24)23(19(13)17)21(15)20;1-2/h5-7H2,1-4H3;1-2H3. The van der Waals surface area contributed by atoms with Crippen molar-refractivity contribution in [2.24, 2.45) is 0 Å². The Morgan fingerprint density at radius 2 is 0.677 bits per heavy atom. The fraction of sp³-hybridized carbons (Fsp3) is 0.310. The van der Waals surface area contributed by atoms with Gasteiger partial charge in [0, 0.05) is 32.7 Å². The summed E-state index contributed by atoms with van der Waals surface area (Å²) in [5.74, 6) is 0. The van der Waals surface area contributed by atoms with E-state index in [4.69, 9.17) is 0 Å². The fourth-order valence-corrected chi connectivity index (χ4v) is 7.06. The first kappa shape index (κ1) is 17.7. The molecule has 3 aliphatic rings. The summed E-state index contributed by atoms with van der Waals surface area (Å²) >= 11 is 0. The molecule has 0 saturated carbocycles. The maximum absolute atomic E-state index is 13.6. The number of hydrogen-bond donors (Lipinski definition) is 0. The van der Waals surface area contributed by atoms with E-state index < -0.39 is 0 Å². The first-order valence-corrected chi connectivity index (χ1v) is 11.5. The Hall–Kier alpha value is -3.00. The fourth-order valence-electron chi connectivity index (χ4n) is 7.06. The van der Waals surface area contributed by atoms with Crippen LogP contribution in [0.1, 0.15) is 69.5 Å². The zero-order chi connectivity index (χ0) is 21.7.